The van der Waals surface area contributed by atoms with Crippen LogP contribution in [0.25, 0.3) is 0 Å². The Balaban J connectivity index is 1.36. The molecule has 2 heterocycles. The molecule has 0 saturated carbocycles. The van der Waals surface area contributed by atoms with Crippen LogP contribution < -0.4 is 10.5 Å². The smallest absolute Gasteiger partial charge is 0.119 e. The molecule has 2 aliphatic heterocycles. The van der Waals surface area contributed by atoms with Crippen molar-refractivity contribution in [2.75, 3.05) is 19.7 Å². The Bertz CT molecular complexity index is 886. The molecular weight excluding hydrogens is 370 g/mol. The minimum Gasteiger partial charge on any atom is -0.493 e. The highest BCUT2D eigenvalue weighted by Gasteiger charge is 2.37. The van der Waals surface area contributed by atoms with Gasteiger partial charge >= 0.3 is 0 Å². The van der Waals surface area contributed by atoms with Crippen molar-refractivity contribution in [3.8, 4) is 11.8 Å². The van der Waals surface area contributed by atoms with Gasteiger partial charge in [0.1, 0.15) is 5.75 Å². The molecule has 1 fully saturated rings. The zero-order valence-electron chi connectivity index (χ0n) is 18.0. The summed E-state index contributed by atoms with van der Waals surface area (Å²) in [5.41, 5.74) is 11.3. The van der Waals surface area contributed by atoms with Crippen LogP contribution >= 0.6 is 0 Å². The molecule has 2 aromatic carbocycles. The van der Waals surface area contributed by atoms with E-state index in [1.807, 2.05) is 24.3 Å². The fraction of sp³-hybridized carbons (Fsp3) is 0.500. The maximum absolute atomic E-state index is 8.90. The summed E-state index contributed by atoms with van der Waals surface area (Å²) in [6.45, 7) is 5.18. The number of hydrogen-bond acceptors (Lipinski definition) is 4. The van der Waals surface area contributed by atoms with Crippen molar-refractivity contribution in [3.63, 3.8) is 0 Å². The predicted molar refractivity (Wildman–Crippen MR) is 120 cm³/mol. The number of fused-ring (bicyclic) bond motifs is 3. The third-order valence-corrected chi connectivity index (χ3v) is 6.82. The van der Waals surface area contributed by atoms with Gasteiger partial charge in [0, 0.05) is 31.6 Å². The Morgan fingerprint density at radius 3 is 2.80 bits per heavy atom. The molecule has 0 aromatic heterocycles. The van der Waals surface area contributed by atoms with Gasteiger partial charge in [-0.25, -0.2) is 0 Å². The SMILES string of the molecule is CCCCC1CN2CCc3cc(OCCc4ccc(C#N)cc4)ccc3C2CC1N. The van der Waals surface area contributed by atoms with Crippen molar-refractivity contribution in [3.05, 3.63) is 64.7 Å². The Kier molecular flexibility index (Phi) is 6.72. The summed E-state index contributed by atoms with van der Waals surface area (Å²) in [6, 6.07) is 17.3. The first kappa shape index (κ1) is 20.9. The molecule has 0 spiro atoms. The molecule has 4 nitrogen and oxygen atoms in total. The number of piperidine rings is 1. The van der Waals surface area contributed by atoms with Crippen molar-refractivity contribution >= 4 is 0 Å². The van der Waals surface area contributed by atoms with E-state index in [4.69, 9.17) is 15.7 Å². The molecule has 4 heteroatoms. The normalized spacial score (nSPS) is 23.3. The van der Waals surface area contributed by atoms with E-state index in [9.17, 15) is 0 Å². The van der Waals surface area contributed by atoms with E-state index in [1.54, 1.807) is 0 Å². The summed E-state index contributed by atoms with van der Waals surface area (Å²) in [5, 5.41) is 8.90. The standard InChI is InChI=1S/C26H33N3O/c1-2-3-4-22-18-29-13-11-21-15-23(9-10-24(21)26(29)16-25(22)28)30-14-12-19-5-7-20(17-27)8-6-19/h5-10,15,22,25-26H,2-4,11-14,16,18,28H2,1H3. The minimum absolute atomic E-state index is 0.312. The number of benzene rings is 2. The lowest BCUT2D eigenvalue weighted by molar-refractivity contribution is 0.0785. The van der Waals surface area contributed by atoms with Crippen LogP contribution in [0.1, 0.15) is 60.9 Å². The second-order valence-electron chi connectivity index (χ2n) is 8.83. The largest absolute Gasteiger partial charge is 0.493 e. The molecule has 1 saturated heterocycles. The van der Waals surface area contributed by atoms with Gasteiger partial charge in [-0.05, 0) is 66.1 Å². The van der Waals surface area contributed by atoms with Crippen LogP contribution in [0.5, 0.6) is 5.75 Å². The average molecular weight is 404 g/mol. The first-order valence-electron chi connectivity index (χ1n) is 11.4. The lowest BCUT2D eigenvalue weighted by Crippen LogP contribution is -2.50. The van der Waals surface area contributed by atoms with Crippen molar-refractivity contribution in [2.24, 2.45) is 11.7 Å². The highest BCUT2D eigenvalue weighted by Crippen LogP contribution is 2.40. The van der Waals surface area contributed by atoms with E-state index in [-0.39, 0.29) is 0 Å². The molecule has 0 radical (unpaired) electrons. The van der Waals surface area contributed by atoms with Crippen LogP contribution in [0.15, 0.2) is 42.5 Å². The molecule has 158 valence electrons. The zero-order valence-corrected chi connectivity index (χ0v) is 18.0. The summed E-state index contributed by atoms with van der Waals surface area (Å²) in [7, 11) is 0. The summed E-state index contributed by atoms with van der Waals surface area (Å²) in [5.74, 6) is 1.60. The van der Waals surface area contributed by atoms with E-state index in [0.29, 0.717) is 30.2 Å². The van der Waals surface area contributed by atoms with Crippen molar-refractivity contribution in [2.45, 2.75) is 57.5 Å². The topological polar surface area (TPSA) is 62.3 Å². The molecule has 3 atom stereocenters. The zero-order chi connectivity index (χ0) is 20.9. The molecule has 2 N–H and O–H groups in total. The molecule has 30 heavy (non-hydrogen) atoms. The van der Waals surface area contributed by atoms with Crippen LogP contribution in [-0.2, 0) is 12.8 Å². The van der Waals surface area contributed by atoms with E-state index < -0.39 is 0 Å². The number of hydrogen-bond donors (Lipinski definition) is 1. The highest BCUT2D eigenvalue weighted by atomic mass is 16.5. The highest BCUT2D eigenvalue weighted by molar-refractivity contribution is 5.40. The summed E-state index contributed by atoms with van der Waals surface area (Å²) >= 11 is 0. The van der Waals surface area contributed by atoms with Crippen LogP contribution in [0.4, 0.5) is 0 Å². The number of unbranched alkanes of at least 4 members (excludes halogenated alkanes) is 1. The van der Waals surface area contributed by atoms with Gasteiger partial charge < -0.3 is 10.5 Å². The molecular formula is C26H33N3O. The Morgan fingerprint density at radius 1 is 1.20 bits per heavy atom. The number of nitrogens with zero attached hydrogens (tertiary/aromatic N) is 2. The van der Waals surface area contributed by atoms with Crippen LogP contribution in [0, 0.1) is 17.2 Å². The van der Waals surface area contributed by atoms with E-state index >= 15 is 0 Å². The van der Waals surface area contributed by atoms with Gasteiger partial charge in [0.15, 0.2) is 0 Å². The fourth-order valence-corrected chi connectivity index (χ4v) is 5.02. The van der Waals surface area contributed by atoms with Crippen LogP contribution in [0.3, 0.4) is 0 Å². The van der Waals surface area contributed by atoms with Crippen molar-refractivity contribution in [1.29, 1.82) is 5.26 Å². The van der Waals surface area contributed by atoms with Gasteiger partial charge in [0.05, 0.1) is 18.2 Å². The Hall–Kier alpha value is -2.35. The molecule has 0 bridgehead atoms. The molecule has 0 aliphatic carbocycles. The number of ether oxygens (including phenoxy) is 1. The molecule has 0 amide bonds. The van der Waals surface area contributed by atoms with Crippen molar-refractivity contribution in [1.82, 2.24) is 4.90 Å². The third kappa shape index (κ3) is 4.69. The second kappa shape index (κ2) is 9.64. The quantitative estimate of drug-likeness (QED) is 0.733. The molecule has 3 unspecified atom stereocenters. The van der Waals surface area contributed by atoms with Gasteiger partial charge in [-0.2, -0.15) is 5.26 Å². The summed E-state index contributed by atoms with van der Waals surface area (Å²) in [6.07, 6.45) is 6.81. The van der Waals surface area contributed by atoms with Gasteiger partial charge in [-0.1, -0.05) is 38.0 Å². The molecule has 2 aliphatic rings. The van der Waals surface area contributed by atoms with Crippen molar-refractivity contribution < 1.29 is 4.74 Å². The Morgan fingerprint density at radius 2 is 2.03 bits per heavy atom. The first-order valence-corrected chi connectivity index (χ1v) is 11.4. The van der Waals surface area contributed by atoms with Gasteiger partial charge in [-0.3, -0.25) is 4.90 Å². The lowest BCUT2D eigenvalue weighted by atomic mass is 9.79. The summed E-state index contributed by atoms with van der Waals surface area (Å²) in [4.78, 5) is 2.66. The monoisotopic (exact) mass is 403 g/mol. The number of nitriles is 1. The third-order valence-electron chi connectivity index (χ3n) is 6.82. The van der Waals surface area contributed by atoms with Gasteiger partial charge in [-0.15, -0.1) is 0 Å². The minimum atomic E-state index is 0.312. The number of nitrogens with two attached hydrogens (primary N) is 1. The van der Waals surface area contributed by atoms with Gasteiger partial charge in [0.25, 0.3) is 0 Å². The maximum Gasteiger partial charge on any atom is 0.119 e. The lowest BCUT2D eigenvalue weighted by Gasteiger charge is -2.46. The first-order chi connectivity index (χ1) is 14.7. The Labute approximate surface area is 180 Å². The van der Waals surface area contributed by atoms with E-state index in [2.05, 4.69) is 36.1 Å². The molecule has 2 aromatic rings. The fourth-order valence-electron chi connectivity index (χ4n) is 5.02. The van der Waals surface area contributed by atoms with E-state index in [1.165, 1.54) is 36.0 Å². The predicted octanol–water partition coefficient (Wildman–Crippen LogP) is 4.62. The molecule has 4 rings (SSSR count). The van der Waals surface area contributed by atoms with E-state index in [0.717, 1.165) is 38.1 Å². The second-order valence-corrected chi connectivity index (χ2v) is 8.83. The van der Waals surface area contributed by atoms with Gasteiger partial charge in [0.2, 0.25) is 0 Å². The maximum atomic E-state index is 8.90. The average Bonchev–Trinajstić information content (AvgIpc) is 2.78. The summed E-state index contributed by atoms with van der Waals surface area (Å²) < 4.78 is 6.05. The number of rotatable bonds is 7. The van der Waals surface area contributed by atoms with Crippen LogP contribution in [0.2, 0.25) is 0 Å². The van der Waals surface area contributed by atoms with Crippen LogP contribution in [-0.4, -0.2) is 30.6 Å².